The van der Waals surface area contributed by atoms with Gasteiger partial charge in [0.2, 0.25) is 0 Å². The summed E-state index contributed by atoms with van der Waals surface area (Å²) in [6.45, 7) is 4.37. The van der Waals surface area contributed by atoms with Gasteiger partial charge < -0.3 is 5.32 Å². The van der Waals surface area contributed by atoms with Gasteiger partial charge in [0, 0.05) is 21.2 Å². The van der Waals surface area contributed by atoms with Crippen LogP contribution in [-0.2, 0) is 5.75 Å². The zero-order valence-electron chi connectivity index (χ0n) is 12.1. The Hall–Kier alpha value is -0.770. The minimum Gasteiger partial charge on any atom is -0.313 e. The molecule has 0 bridgehead atoms. The van der Waals surface area contributed by atoms with Crippen LogP contribution in [-0.4, -0.2) is 7.05 Å². The van der Waals surface area contributed by atoms with E-state index in [1.807, 2.05) is 18.8 Å². The first kappa shape index (κ1) is 15.6. The Morgan fingerprint density at radius 3 is 2.65 bits per heavy atom. The molecule has 0 saturated carbocycles. The molecule has 2 aromatic carbocycles. The summed E-state index contributed by atoms with van der Waals surface area (Å²) in [6, 6.07) is 15.5. The first-order valence-electron chi connectivity index (χ1n) is 6.76. The fraction of sp³-hybridized carbons (Fsp3) is 0.294. The van der Waals surface area contributed by atoms with Crippen LogP contribution in [0.2, 0.25) is 0 Å². The van der Waals surface area contributed by atoms with Gasteiger partial charge in [-0.05, 0) is 49.7 Å². The van der Waals surface area contributed by atoms with Crippen LogP contribution in [0, 0.1) is 6.92 Å². The van der Waals surface area contributed by atoms with Gasteiger partial charge >= 0.3 is 0 Å². The van der Waals surface area contributed by atoms with Crippen molar-refractivity contribution >= 4 is 27.7 Å². The Labute approximate surface area is 134 Å². The van der Waals surface area contributed by atoms with E-state index in [1.165, 1.54) is 21.6 Å². The average molecular weight is 350 g/mol. The summed E-state index contributed by atoms with van der Waals surface area (Å²) < 4.78 is 1.14. The lowest BCUT2D eigenvalue weighted by molar-refractivity contribution is 0.641. The number of hydrogen-bond donors (Lipinski definition) is 1. The molecule has 0 amide bonds. The van der Waals surface area contributed by atoms with Crippen molar-refractivity contribution in [3.8, 4) is 0 Å². The monoisotopic (exact) mass is 349 g/mol. The summed E-state index contributed by atoms with van der Waals surface area (Å²) in [5.41, 5.74) is 4.12. The third kappa shape index (κ3) is 3.87. The topological polar surface area (TPSA) is 12.0 Å². The Bertz CT molecular complexity index is 583. The maximum Gasteiger partial charge on any atom is 0.0300 e. The Kier molecular flexibility index (Phi) is 5.70. The van der Waals surface area contributed by atoms with Crippen molar-refractivity contribution < 1.29 is 0 Å². The van der Waals surface area contributed by atoms with Gasteiger partial charge in [0.15, 0.2) is 0 Å². The van der Waals surface area contributed by atoms with E-state index in [2.05, 4.69) is 77.6 Å². The summed E-state index contributed by atoms with van der Waals surface area (Å²) in [6.07, 6.45) is 0. The van der Waals surface area contributed by atoms with E-state index < -0.39 is 0 Å². The molecular formula is C17H20BrNS. The van der Waals surface area contributed by atoms with Crippen LogP contribution in [0.25, 0.3) is 0 Å². The fourth-order valence-electron chi connectivity index (χ4n) is 2.07. The van der Waals surface area contributed by atoms with Crippen LogP contribution in [0.5, 0.6) is 0 Å². The summed E-state index contributed by atoms with van der Waals surface area (Å²) in [5.74, 6) is 1.01. The minimum atomic E-state index is 0.363. The summed E-state index contributed by atoms with van der Waals surface area (Å²) >= 11 is 5.48. The second-order valence-corrected chi connectivity index (χ2v) is 6.84. The molecule has 106 valence electrons. The average Bonchev–Trinajstić information content (AvgIpc) is 2.46. The molecule has 0 heterocycles. The largest absolute Gasteiger partial charge is 0.313 e. The number of halogens is 1. The van der Waals surface area contributed by atoms with Crippen LogP contribution in [0.1, 0.15) is 29.7 Å². The van der Waals surface area contributed by atoms with Gasteiger partial charge in [0.05, 0.1) is 0 Å². The molecular weight excluding hydrogens is 330 g/mol. The second kappa shape index (κ2) is 7.30. The van der Waals surface area contributed by atoms with Gasteiger partial charge in [-0.1, -0.05) is 46.3 Å². The highest BCUT2D eigenvalue weighted by molar-refractivity contribution is 9.10. The van der Waals surface area contributed by atoms with E-state index in [4.69, 9.17) is 0 Å². The van der Waals surface area contributed by atoms with E-state index in [0.717, 1.165) is 10.2 Å². The highest BCUT2D eigenvalue weighted by atomic mass is 79.9. The van der Waals surface area contributed by atoms with Crippen molar-refractivity contribution in [3.63, 3.8) is 0 Å². The van der Waals surface area contributed by atoms with Crippen molar-refractivity contribution in [2.24, 2.45) is 0 Å². The standard InChI is InChI=1S/C17H20BrNS/c1-12-6-4-5-7-14(12)11-20-17-10-15(18)8-9-16(17)13(2)19-3/h4-10,13,19H,11H2,1-3H3. The quantitative estimate of drug-likeness (QED) is 0.732. The molecule has 0 spiro atoms. The van der Waals surface area contributed by atoms with Gasteiger partial charge in [0.25, 0.3) is 0 Å². The molecule has 1 nitrogen and oxygen atoms in total. The Morgan fingerprint density at radius 1 is 1.20 bits per heavy atom. The molecule has 1 atom stereocenters. The highest BCUT2D eigenvalue weighted by Gasteiger charge is 2.10. The van der Waals surface area contributed by atoms with Gasteiger partial charge in [-0.2, -0.15) is 0 Å². The van der Waals surface area contributed by atoms with Crippen molar-refractivity contribution in [1.82, 2.24) is 5.32 Å². The number of hydrogen-bond acceptors (Lipinski definition) is 2. The lowest BCUT2D eigenvalue weighted by Crippen LogP contribution is -2.13. The van der Waals surface area contributed by atoms with Crippen molar-refractivity contribution in [2.45, 2.75) is 30.5 Å². The van der Waals surface area contributed by atoms with Crippen LogP contribution in [0.3, 0.4) is 0 Å². The van der Waals surface area contributed by atoms with Gasteiger partial charge in [-0.15, -0.1) is 11.8 Å². The lowest BCUT2D eigenvalue weighted by Gasteiger charge is -2.16. The molecule has 20 heavy (non-hydrogen) atoms. The van der Waals surface area contributed by atoms with E-state index in [-0.39, 0.29) is 0 Å². The number of rotatable bonds is 5. The molecule has 0 fully saturated rings. The third-order valence-electron chi connectivity index (χ3n) is 3.52. The molecule has 2 aromatic rings. The van der Waals surface area contributed by atoms with Crippen LogP contribution < -0.4 is 5.32 Å². The molecule has 0 aliphatic rings. The SMILES string of the molecule is CNC(C)c1ccc(Br)cc1SCc1ccccc1C. The molecule has 0 radical (unpaired) electrons. The first-order chi connectivity index (χ1) is 9.61. The maximum absolute atomic E-state index is 3.57. The molecule has 0 saturated heterocycles. The minimum absolute atomic E-state index is 0.363. The van der Waals surface area contributed by atoms with Crippen molar-refractivity contribution in [1.29, 1.82) is 0 Å². The van der Waals surface area contributed by atoms with Gasteiger partial charge in [0.1, 0.15) is 0 Å². The number of nitrogens with one attached hydrogen (secondary N) is 1. The molecule has 0 aliphatic carbocycles. The zero-order chi connectivity index (χ0) is 14.5. The molecule has 2 rings (SSSR count). The number of aryl methyl sites for hydroxylation is 1. The summed E-state index contributed by atoms with van der Waals surface area (Å²) in [7, 11) is 2.00. The van der Waals surface area contributed by atoms with Gasteiger partial charge in [-0.3, -0.25) is 0 Å². The Morgan fingerprint density at radius 2 is 1.95 bits per heavy atom. The predicted octanol–water partition coefficient (Wildman–Crippen LogP) is 5.33. The van der Waals surface area contributed by atoms with E-state index in [9.17, 15) is 0 Å². The van der Waals surface area contributed by atoms with Crippen LogP contribution in [0.4, 0.5) is 0 Å². The van der Waals surface area contributed by atoms with Crippen molar-refractivity contribution in [3.05, 3.63) is 63.6 Å². The molecule has 3 heteroatoms. The van der Waals surface area contributed by atoms with Gasteiger partial charge in [-0.25, -0.2) is 0 Å². The molecule has 0 aliphatic heterocycles. The van der Waals surface area contributed by atoms with Crippen molar-refractivity contribution in [2.75, 3.05) is 7.05 Å². The maximum atomic E-state index is 3.57. The second-order valence-electron chi connectivity index (χ2n) is 4.91. The Balaban J connectivity index is 2.20. The molecule has 0 aromatic heterocycles. The van der Waals surface area contributed by atoms with Crippen LogP contribution in [0.15, 0.2) is 51.8 Å². The normalized spacial score (nSPS) is 12.4. The highest BCUT2D eigenvalue weighted by Crippen LogP contribution is 2.32. The van der Waals surface area contributed by atoms with E-state index in [1.54, 1.807) is 0 Å². The summed E-state index contributed by atoms with van der Waals surface area (Å²) in [5, 5.41) is 3.32. The molecule has 1 N–H and O–H groups in total. The van der Waals surface area contributed by atoms with E-state index in [0.29, 0.717) is 6.04 Å². The predicted molar refractivity (Wildman–Crippen MR) is 92.4 cm³/mol. The molecule has 1 unspecified atom stereocenters. The fourth-order valence-corrected chi connectivity index (χ4v) is 3.84. The third-order valence-corrected chi connectivity index (χ3v) is 5.13. The smallest absolute Gasteiger partial charge is 0.0300 e. The number of benzene rings is 2. The first-order valence-corrected chi connectivity index (χ1v) is 8.53. The lowest BCUT2D eigenvalue weighted by atomic mass is 10.1. The van der Waals surface area contributed by atoms with E-state index >= 15 is 0 Å². The number of thioether (sulfide) groups is 1. The van der Waals surface area contributed by atoms with Crippen LogP contribution >= 0.6 is 27.7 Å². The zero-order valence-corrected chi connectivity index (χ0v) is 14.5. The summed E-state index contributed by atoms with van der Waals surface area (Å²) in [4.78, 5) is 1.34.